The van der Waals surface area contributed by atoms with Crippen LogP contribution in [0.25, 0.3) is 0 Å². The minimum atomic E-state index is -0.0367. The Hall–Kier alpha value is -1.06. The van der Waals surface area contributed by atoms with Crippen molar-refractivity contribution in [1.82, 2.24) is 10.6 Å². The molecule has 0 aromatic heterocycles. The molecule has 2 amide bonds. The van der Waals surface area contributed by atoms with Gasteiger partial charge in [0.2, 0.25) is 11.8 Å². The lowest BCUT2D eigenvalue weighted by Gasteiger charge is -2.20. The molecule has 0 bridgehead atoms. The highest BCUT2D eigenvalue weighted by atomic mass is 16.2. The summed E-state index contributed by atoms with van der Waals surface area (Å²) in [5.74, 6) is -0.0165. The van der Waals surface area contributed by atoms with E-state index in [-0.39, 0.29) is 11.8 Å². The molecule has 1 rings (SSSR count). The molecule has 0 spiro atoms. The molecule has 18 heavy (non-hydrogen) atoms. The molecule has 0 unspecified atom stereocenters. The van der Waals surface area contributed by atoms with Crippen LogP contribution >= 0.6 is 0 Å². The van der Waals surface area contributed by atoms with Gasteiger partial charge in [-0.2, -0.15) is 0 Å². The monoisotopic (exact) mass is 254 g/mol. The number of hydrogen-bond donors (Lipinski definition) is 2. The third kappa shape index (κ3) is 6.62. The molecule has 0 atom stereocenters. The Morgan fingerprint density at radius 1 is 0.944 bits per heavy atom. The first-order chi connectivity index (χ1) is 8.72. The Kier molecular flexibility index (Phi) is 7.46. The SMILES string of the molecule is CCNC(=O)CCC(=O)NC1CCCCCCC1. The van der Waals surface area contributed by atoms with Gasteiger partial charge in [0.15, 0.2) is 0 Å². The fraction of sp³-hybridized carbons (Fsp3) is 0.857. The lowest BCUT2D eigenvalue weighted by atomic mass is 9.96. The van der Waals surface area contributed by atoms with Gasteiger partial charge in [-0.25, -0.2) is 0 Å². The van der Waals surface area contributed by atoms with Crippen molar-refractivity contribution in [3.8, 4) is 0 Å². The van der Waals surface area contributed by atoms with Crippen molar-refractivity contribution in [2.75, 3.05) is 6.54 Å². The second-order valence-electron chi connectivity index (χ2n) is 5.06. The number of hydrogen-bond acceptors (Lipinski definition) is 2. The average Bonchev–Trinajstić information content (AvgIpc) is 2.30. The molecule has 2 N–H and O–H groups in total. The van der Waals surface area contributed by atoms with Crippen LogP contribution in [0.2, 0.25) is 0 Å². The molecule has 1 aliphatic carbocycles. The van der Waals surface area contributed by atoms with Crippen LogP contribution in [0.5, 0.6) is 0 Å². The number of amides is 2. The highest BCUT2D eigenvalue weighted by Gasteiger charge is 2.14. The second-order valence-corrected chi connectivity index (χ2v) is 5.06. The molecule has 0 saturated heterocycles. The zero-order valence-electron chi connectivity index (χ0n) is 11.5. The largest absolute Gasteiger partial charge is 0.356 e. The maximum atomic E-state index is 11.7. The highest BCUT2D eigenvalue weighted by Crippen LogP contribution is 2.17. The average molecular weight is 254 g/mol. The fourth-order valence-corrected chi connectivity index (χ4v) is 2.41. The number of carbonyl (C=O) groups excluding carboxylic acids is 2. The first-order valence-electron chi connectivity index (χ1n) is 7.28. The minimum Gasteiger partial charge on any atom is -0.356 e. The van der Waals surface area contributed by atoms with Crippen molar-refractivity contribution >= 4 is 11.8 Å². The molecule has 0 aliphatic heterocycles. The van der Waals surface area contributed by atoms with Crippen LogP contribution in [-0.2, 0) is 9.59 Å². The number of carbonyl (C=O) groups is 2. The van der Waals surface area contributed by atoms with E-state index in [2.05, 4.69) is 10.6 Å². The van der Waals surface area contributed by atoms with Gasteiger partial charge in [0.25, 0.3) is 0 Å². The van der Waals surface area contributed by atoms with Crippen LogP contribution in [0.4, 0.5) is 0 Å². The molecule has 4 heteroatoms. The topological polar surface area (TPSA) is 58.2 Å². The second kappa shape index (κ2) is 8.95. The summed E-state index contributed by atoms with van der Waals surface area (Å²) in [5, 5.41) is 5.77. The van der Waals surface area contributed by atoms with Gasteiger partial charge >= 0.3 is 0 Å². The molecule has 1 aliphatic rings. The predicted molar refractivity (Wildman–Crippen MR) is 72.2 cm³/mol. The Morgan fingerprint density at radius 2 is 1.50 bits per heavy atom. The van der Waals surface area contributed by atoms with Crippen molar-refractivity contribution in [2.24, 2.45) is 0 Å². The summed E-state index contributed by atoms with van der Waals surface area (Å²) < 4.78 is 0. The standard InChI is InChI=1S/C14H26N2O2/c1-2-15-13(17)10-11-14(18)16-12-8-6-4-3-5-7-9-12/h12H,2-11H2,1H3,(H,15,17)(H,16,18). The smallest absolute Gasteiger partial charge is 0.220 e. The van der Waals surface area contributed by atoms with Crippen LogP contribution < -0.4 is 10.6 Å². The van der Waals surface area contributed by atoms with Crippen LogP contribution in [0.3, 0.4) is 0 Å². The van der Waals surface area contributed by atoms with Crippen LogP contribution in [0.1, 0.15) is 64.7 Å². The Bertz CT molecular complexity index is 259. The van der Waals surface area contributed by atoms with Crippen LogP contribution in [0, 0.1) is 0 Å². The van der Waals surface area contributed by atoms with Gasteiger partial charge < -0.3 is 10.6 Å². The summed E-state index contributed by atoms with van der Waals surface area (Å²) in [4.78, 5) is 23.0. The summed E-state index contributed by atoms with van der Waals surface area (Å²) in [6, 6.07) is 0.326. The maximum Gasteiger partial charge on any atom is 0.220 e. The lowest BCUT2D eigenvalue weighted by Crippen LogP contribution is -2.36. The van der Waals surface area contributed by atoms with Crippen molar-refractivity contribution in [3.05, 3.63) is 0 Å². The number of nitrogens with one attached hydrogen (secondary N) is 2. The summed E-state index contributed by atoms with van der Waals surface area (Å²) in [5.41, 5.74) is 0. The Morgan fingerprint density at radius 3 is 2.11 bits per heavy atom. The zero-order chi connectivity index (χ0) is 13.2. The van der Waals surface area contributed by atoms with E-state index >= 15 is 0 Å². The molecule has 1 fully saturated rings. The third-order valence-electron chi connectivity index (χ3n) is 3.42. The Balaban J connectivity index is 2.19. The molecule has 4 nitrogen and oxygen atoms in total. The van der Waals surface area contributed by atoms with Crippen LogP contribution in [-0.4, -0.2) is 24.4 Å². The van der Waals surface area contributed by atoms with E-state index in [0.29, 0.717) is 25.4 Å². The van der Waals surface area contributed by atoms with Crippen LogP contribution in [0.15, 0.2) is 0 Å². The third-order valence-corrected chi connectivity index (χ3v) is 3.42. The van der Waals surface area contributed by atoms with E-state index in [1.807, 2.05) is 6.92 Å². The number of rotatable bonds is 5. The van der Waals surface area contributed by atoms with Crippen molar-refractivity contribution in [2.45, 2.75) is 70.8 Å². The first-order valence-corrected chi connectivity index (χ1v) is 7.28. The molecule has 1 saturated carbocycles. The highest BCUT2D eigenvalue weighted by molar-refractivity contribution is 5.83. The zero-order valence-corrected chi connectivity index (χ0v) is 11.5. The quantitative estimate of drug-likeness (QED) is 0.789. The summed E-state index contributed by atoms with van der Waals surface area (Å²) in [7, 11) is 0. The van der Waals surface area contributed by atoms with Crippen molar-refractivity contribution in [1.29, 1.82) is 0 Å². The van der Waals surface area contributed by atoms with E-state index in [9.17, 15) is 9.59 Å². The van der Waals surface area contributed by atoms with Gasteiger partial charge in [-0.1, -0.05) is 32.1 Å². The fourth-order valence-electron chi connectivity index (χ4n) is 2.41. The predicted octanol–water partition coefficient (Wildman–Crippen LogP) is 2.13. The maximum absolute atomic E-state index is 11.7. The van der Waals surface area contributed by atoms with E-state index in [4.69, 9.17) is 0 Å². The molecular formula is C14H26N2O2. The molecule has 0 heterocycles. The lowest BCUT2D eigenvalue weighted by molar-refractivity contribution is -0.126. The summed E-state index contributed by atoms with van der Waals surface area (Å²) in [6.45, 7) is 2.51. The van der Waals surface area contributed by atoms with E-state index in [0.717, 1.165) is 12.8 Å². The molecule has 104 valence electrons. The minimum absolute atomic E-state index is 0.0202. The van der Waals surface area contributed by atoms with Gasteiger partial charge in [-0.3, -0.25) is 9.59 Å². The molecule has 0 aromatic rings. The Labute approximate surface area is 110 Å². The molecule has 0 radical (unpaired) electrons. The van der Waals surface area contributed by atoms with Crippen molar-refractivity contribution < 1.29 is 9.59 Å². The van der Waals surface area contributed by atoms with Gasteiger partial charge in [0.05, 0.1) is 0 Å². The summed E-state index contributed by atoms with van der Waals surface area (Å²) in [6.07, 6.45) is 9.10. The van der Waals surface area contributed by atoms with E-state index < -0.39 is 0 Å². The van der Waals surface area contributed by atoms with Gasteiger partial charge in [-0.05, 0) is 19.8 Å². The van der Waals surface area contributed by atoms with E-state index in [1.54, 1.807) is 0 Å². The molecule has 0 aromatic carbocycles. The normalized spacial score (nSPS) is 17.6. The van der Waals surface area contributed by atoms with E-state index in [1.165, 1.54) is 32.1 Å². The van der Waals surface area contributed by atoms with Gasteiger partial charge in [-0.15, -0.1) is 0 Å². The van der Waals surface area contributed by atoms with Gasteiger partial charge in [0, 0.05) is 25.4 Å². The summed E-state index contributed by atoms with van der Waals surface area (Å²) >= 11 is 0. The molecular weight excluding hydrogens is 228 g/mol. The van der Waals surface area contributed by atoms with Crippen molar-refractivity contribution in [3.63, 3.8) is 0 Å². The first kappa shape index (κ1) is 15.0. The van der Waals surface area contributed by atoms with Gasteiger partial charge in [0.1, 0.15) is 0 Å².